The number of allylic oxidation sites excluding steroid dienone is 1. The maximum Gasteiger partial charge on any atom is 0.311 e. The second kappa shape index (κ2) is 14.8. The summed E-state index contributed by atoms with van der Waals surface area (Å²) in [5, 5.41) is 10.9. The smallest absolute Gasteiger partial charge is 0.311 e. The van der Waals surface area contributed by atoms with Gasteiger partial charge in [0.1, 0.15) is 5.76 Å². The molecule has 0 spiro atoms. The van der Waals surface area contributed by atoms with Gasteiger partial charge in [-0.05, 0) is 31.1 Å². The molecule has 10 nitrogen and oxygen atoms in total. The third-order valence-corrected chi connectivity index (χ3v) is 5.59. The monoisotopic (exact) mass is 517 g/mol. The number of carbonyl (C=O) groups excluding carboxylic acids is 4. The van der Waals surface area contributed by atoms with Crippen LogP contribution in [-0.4, -0.2) is 58.9 Å². The molecule has 2 rings (SSSR count). The van der Waals surface area contributed by atoms with Crippen LogP contribution < -0.4 is 0 Å². The van der Waals surface area contributed by atoms with Crippen molar-refractivity contribution in [1.82, 2.24) is 4.98 Å². The van der Waals surface area contributed by atoms with Crippen LogP contribution in [0.3, 0.4) is 0 Å². The van der Waals surface area contributed by atoms with Gasteiger partial charge in [-0.1, -0.05) is 39.0 Å². The second-order valence-corrected chi connectivity index (χ2v) is 8.16. The number of aromatic nitrogens is 1. The maximum absolute atomic E-state index is 12.8. The molecule has 37 heavy (non-hydrogen) atoms. The SMILES string of the molecule is C/C=C(\OC(=O)CCc1c[nH]c2ccccc12)[C@H](OC(=O)CC)[C@@H](OC(=O)CC)[C@@H](CO)OC(=O)CC. The lowest BCUT2D eigenvalue weighted by Gasteiger charge is -2.32. The average molecular weight is 518 g/mol. The highest BCUT2D eigenvalue weighted by atomic mass is 16.6. The van der Waals surface area contributed by atoms with Gasteiger partial charge in [-0.25, -0.2) is 0 Å². The predicted octanol–water partition coefficient (Wildman–Crippen LogP) is 3.51. The van der Waals surface area contributed by atoms with E-state index in [-0.39, 0.29) is 31.4 Å². The molecule has 0 aliphatic carbocycles. The van der Waals surface area contributed by atoms with Crippen LogP contribution in [0, 0.1) is 0 Å². The van der Waals surface area contributed by atoms with Gasteiger partial charge in [0.25, 0.3) is 0 Å². The number of aliphatic hydroxyl groups is 1. The minimum atomic E-state index is -1.45. The van der Waals surface area contributed by atoms with Crippen molar-refractivity contribution in [3.63, 3.8) is 0 Å². The van der Waals surface area contributed by atoms with Crippen LogP contribution in [0.2, 0.25) is 0 Å². The van der Waals surface area contributed by atoms with Crippen molar-refractivity contribution in [1.29, 1.82) is 0 Å². The zero-order valence-corrected chi connectivity index (χ0v) is 21.7. The van der Waals surface area contributed by atoms with Gasteiger partial charge < -0.3 is 29.0 Å². The van der Waals surface area contributed by atoms with Crippen molar-refractivity contribution in [2.45, 2.75) is 78.1 Å². The molecule has 0 unspecified atom stereocenters. The van der Waals surface area contributed by atoms with Crippen molar-refractivity contribution in [2.24, 2.45) is 0 Å². The van der Waals surface area contributed by atoms with E-state index < -0.39 is 48.8 Å². The summed E-state index contributed by atoms with van der Waals surface area (Å²) < 4.78 is 21.8. The Balaban J connectivity index is 2.28. The number of rotatable bonds is 14. The Labute approximate surface area is 215 Å². The van der Waals surface area contributed by atoms with Gasteiger partial charge in [0.2, 0.25) is 0 Å². The molecule has 1 aromatic carbocycles. The van der Waals surface area contributed by atoms with Crippen molar-refractivity contribution in [3.8, 4) is 0 Å². The Bertz CT molecular complexity index is 1100. The predicted molar refractivity (Wildman–Crippen MR) is 134 cm³/mol. The minimum absolute atomic E-state index is 0.00363. The molecule has 0 amide bonds. The number of para-hydroxylation sites is 1. The summed E-state index contributed by atoms with van der Waals surface area (Å²) in [6.07, 6.45) is -0.657. The van der Waals surface area contributed by atoms with Gasteiger partial charge in [0.15, 0.2) is 18.3 Å². The fourth-order valence-corrected chi connectivity index (χ4v) is 3.58. The minimum Gasteiger partial charge on any atom is -0.456 e. The first-order valence-corrected chi connectivity index (χ1v) is 12.4. The number of aliphatic hydroxyl groups excluding tert-OH is 1. The van der Waals surface area contributed by atoms with Crippen molar-refractivity contribution in [3.05, 3.63) is 47.9 Å². The average Bonchev–Trinajstić information content (AvgIpc) is 3.33. The largest absolute Gasteiger partial charge is 0.456 e. The third kappa shape index (κ3) is 8.45. The van der Waals surface area contributed by atoms with Crippen LogP contribution in [0.1, 0.15) is 58.9 Å². The van der Waals surface area contributed by atoms with Gasteiger partial charge >= 0.3 is 23.9 Å². The number of aryl methyl sites for hydroxylation is 1. The fraction of sp³-hybridized carbons (Fsp3) is 0.481. The molecule has 0 bridgehead atoms. The highest BCUT2D eigenvalue weighted by Gasteiger charge is 2.41. The number of benzene rings is 1. The van der Waals surface area contributed by atoms with E-state index in [0.29, 0.717) is 6.42 Å². The zero-order chi connectivity index (χ0) is 27.4. The summed E-state index contributed by atoms with van der Waals surface area (Å²) in [5.41, 5.74) is 1.88. The van der Waals surface area contributed by atoms with Crippen molar-refractivity contribution < 1.29 is 43.2 Å². The number of ether oxygens (including phenoxy) is 4. The van der Waals surface area contributed by atoms with Crippen LogP contribution in [0.25, 0.3) is 10.9 Å². The Morgan fingerprint density at radius 2 is 1.54 bits per heavy atom. The van der Waals surface area contributed by atoms with Gasteiger partial charge in [-0.15, -0.1) is 0 Å². The third-order valence-electron chi connectivity index (χ3n) is 5.59. The number of hydrogen-bond acceptors (Lipinski definition) is 9. The Morgan fingerprint density at radius 3 is 2.16 bits per heavy atom. The number of hydrogen-bond donors (Lipinski definition) is 2. The number of carbonyl (C=O) groups is 4. The zero-order valence-electron chi connectivity index (χ0n) is 21.7. The number of H-pyrrole nitrogens is 1. The molecule has 0 saturated carbocycles. The molecule has 0 radical (unpaired) electrons. The summed E-state index contributed by atoms with van der Waals surface area (Å²) in [4.78, 5) is 52.4. The summed E-state index contributed by atoms with van der Waals surface area (Å²) in [7, 11) is 0. The number of aromatic amines is 1. The molecule has 202 valence electrons. The summed E-state index contributed by atoms with van der Waals surface area (Å²) in [6.45, 7) is 5.51. The lowest BCUT2D eigenvalue weighted by Crippen LogP contribution is -2.48. The molecule has 0 aliphatic rings. The Hall–Kier alpha value is -3.66. The standard InChI is InChI=1S/C27H35NO9/c1-5-20(34-25(33)14-13-17-15-28-19-12-10-9-11-18(17)19)26(36-23(31)7-3)27(37-24(32)8-4)21(16-29)35-22(30)6-2/h5,9-12,15,21,26-29H,6-8,13-14,16H2,1-4H3/b20-5-/t21-,26+,27+/m1/s1. The summed E-state index contributed by atoms with van der Waals surface area (Å²) in [5.74, 6) is -2.73. The molecule has 3 atom stereocenters. The summed E-state index contributed by atoms with van der Waals surface area (Å²) >= 11 is 0. The molecule has 10 heteroatoms. The molecule has 0 saturated heterocycles. The van der Waals surface area contributed by atoms with Crippen molar-refractivity contribution in [2.75, 3.05) is 6.61 Å². The molecule has 1 aromatic heterocycles. The first-order chi connectivity index (χ1) is 17.8. The quantitative estimate of drug-likeness (QED) is 0.219. The van der Waals surface area contributed by atoms with Crippen LogP contribution in [0.15, 0.2) is 42.3 Å². The normalized spacial score (nSPS) is 13.9. The molecule has 0 fully saturated rings. The summed E-state index contributed by atoms with van der Waals surface area (Å²) in [6, 6.07) is 7.70. The van der Waals surface area contributed by atoms with E-state index in [0.717, 1.165) is 16.5 Å². The molecule has 1 heterocycles. The molecular formula is C27H35NO9. The van der Waals surface area contributed by atoms with Gasteiger partial charge in [-0.2, -0.15) is 0 Å². The lowest BCUT2D eigenvalue weighted by atomic mass is 10.0. The van der Waals surface area contributed by atoms with Gasteiger partial charge in [0.05, 0.1) is 13.0 Å². The second-order valence-electron chi connectivity index (χ2n) is 8.16. The number of esters is 4. The first-order valence-electron chi connectivity index (χ1n) is 12.4. The lowest BCUT2D eigenvalue weighted by molar-refractivity contribution is -0.189. The van der Waals surface area contributed by atoms with E-state index >= 15 is 0 Å². The molecular weight excluding hydrogens is 482 g/mol. The van der Waals surface area contributed by atoms with E-state index in [1.165, 1.54) is 6.08 Å². The Morgan fingerprint density at radius 1 is 0.919 bits per heavy atom. The van der Waals surface area contributed by atoms with Crippen LogP contribution in [0.5, 0.6) is 0 Å². The van der Waals surface area contributed by atoms with E-state index in [2.05, 4.69) is 4.98 Å². The number of fused-ring (bicyclic) bond motifs is 1. The highest BCUT2D eigenvalue weighted by molar-refractivity contribution is 5.83. The van der Waals surface area contributed by atoms with Crippen LogP contribution in [0.4, 0.5) is 0 Å². The number of nitrogens with one attached hydrogen (secondary N) is 1. The van der Waals surface area contributed by atoms with Crippen molar-refractivity contribution >= 4 is 34.8 Å². The van der Waals surface area contributed by atoms with E-state index in [1.807, 2.05) is 30.5 Å². The van der Waals surface area contributed by atoms with E-state index in [4.69, 9.17) is 18.9 Å². The topological polar surface area (TPSA) is 141 Å². The van der Waals surface area contributed by atoms with E-state index in [1.54, 1.807) is 27.7 Å². The Kier molecular flexibility index (Phi) is 11.8. The van der Waals surface area contributed by atoms with Crippen LogP contribution >= 0.6 is 0 Å². The van der Waals surface area contributed by atoms with Crippen LogP contribution in [-0.2, 0) is 44.5 Å². The van der Waals surface area contributed by atoms with Gasteiger partial charge in [0, 0.05) is 36.4 Å². The van der Waals surface area contributed by atoms with Gasteiger partial charge in [-0.3, -0.25) is 19.2 Å². The first kappa shape index (κ1) is 29.6. The van der Waals surface area contributed by atoms with E-state index in [9.17, 15) is 24.3 Å². The molecule has 2 N–H and O–H groups in total. The molecule has 2 aromatic rings. The molecule has 0 aliphatic heterocycles. The maximum atomic E-state index is 12.8. The fourth-order valence-electron chi connectivity index (χ4n) is 3.58. The highest BCUT2D eigenvalue weighted by Crippen LogP contribution is 2.24.